The average molecular weight is 355 g/mol. The maximum absolute atomic E-state index is 13.7. The fourth-order valence-corrected chi connectivity index (χ4v) is 3.81. The Labute approximate surface area is 143 Å². The highest BCUT2D eigenvalue weighted by Crippen LogP contribution is 2.31. The first-order valence-electron chi connectivity index (χ1n) is 8.27. The summed E-state index contributed by atoms with van der Waals surface area (Å²) in [7, 11) is 0. The molecule has 0 bridgehead atoms. The number of carbonyl (C=O) groups is 2. The van der Waals surface area contributed by atoms with E-state index in [1.54, 1.807) is 9.80 Å². The van der Waals surface area contributed by atoms with Gasteiger partial charge >= 0.3 is 0 Å². The van der Waals surface area contributed by atoms with Crippen molar-refractivity contribution in [1.82, 2.24) is 9.80 Å². The van der Waals surface area contributed by atoms with Crippen molar-refractivity contribution in [3.63, 3.8) is 0 Å². The van der Waals surface area contributed by atoms with Crippen molar-refractivity contribution < 1.29 is 22.8 Å². The van der Waals surface area contributed by atoms with Crippen molar-refractivity contribution >= 4 is 12.3 Å². The summed E-state index contributed by atoms with van der Waals surface area (Å²) in [6.45, 7) is 1.80. The van der Waals surface area contributed by atoms with Gasteiger partial charge in [0, 0.05) is 44.1 Å². The zero-order valence-electron chi connectivity index (χ0n) is 13.6. The molecule has 8 heteroatoms. The smallest absolute Gasteiger partial charge is 0.224 e. The molecule has 3 rings (SSSR count). The number of hydrogen-bond acceptors (Lipinski definition) is 3. The largest absolute Gasteiger partial charge is 0.343 e. The molecule has 5 nitrogen and oxygen atoms in total. The van der Waals surface area contributed by atoms with Crippen molar-refractivity contribution in [3.05, 3.63) is 35.1 Å². The van der Waals surface area contributed by atoms with Gasteiger partial charge < -0.3 is 15.5 Å². The lowest BCUT2D eigenvalue weighted by Gasteiger charge is -2.25. The maximum atomic E-state index is 13.7. The lowest BCUT2D eigenvalue weighted by molar-refractivity contribution is -0.132. The number of hydrogen-bond donors (Lipinski definition) is 1. The molecule has 1 aromatic rings. The Balaban J connectivity index is 1.60. The monoisotopic (exact) mass is 355 g/mol. The molecule has 1 unspecified atom stereocenters. The van der Waals surface area contributed by atoms with E-state index in [0.717, 1.165) is 18.9 Å². The molecule has 2 amide bonds. The third kappa shape index (κ3) is 3.63. The molecule has 0 aromatic heterocycles. The van der Waals surface area contributed by atoms with Crippen LogP contribution in [0.25, 0.3) is 0 Å². The minimum Gasteiger partial charge on any atom is -0.343 e. The number of fused-ring (bicyclic) bond motifs is 1. The van der Waals surface area contributed by atoms with Crippen LogP contribution in [-0.4, -0.2) is 53.8 Å². The molecule has 0 saturated carbocycles. The van der Waals surface area contributed by atoms with Gasteiger partial charge in [0.15, 0.2) is 11.6 Å². The number of amides is 2. The van der Waals surface area contributed by atoms with Gasteiger partial charge in [0.1, 0.15) is 5.82 Å². The van der Waals surface area contributed by atoms with Gasteiger partial charge in [-0.2, -0.15) is 0 Å². The fraction of sp³-hybridized carbons (Fsp3) is 0.529. The van der Waals surface area contributed by atoms with Crippen LogP contribution in [0.5, 0.6) is 0 Å². The number of rotatable bonds is 5. The molecule has 0 spiro atoms. The van der Waals surface area contributed by atoms with E-state index in [1.165, 1.54) is 0 Å². The van der Waals surface area contributed by atoms with E-state index >= 15 is 0 Å². The summed E-state index contributed by atoms with van der Waals surface area (Å²) in [5.41, 5.74) is 5.88. The molecule has 2 aliphatic rings. The van der Waals surface area contributed by atoms with Crippen molar-refractivity contribution in [2.45, 2.75) is 31.3 Å². The van der Waals surface area contributed by atoms with E-state index in [0.29, 0.717) is 25.7 Å². The van der Waals surface area contributed by atoms with E-state index in [2.05, 4.69) is 0 Å². The quantitative estimate of drug-likeness (QED) is 0.634. The van der Waals surface area contributed by atoms with Gasteiger partial charge in [-0.25, -0.2) is 13.2 Å². The number of halogens is 3. The van der Waals surface area contributed by atoms with Gasteiger partial charge in [0.2, 0.25) is 12.3 Å². The second-order valence-electron chi connectivity index (χ2n) is 6.79. The third-order valence-corrected chi connectivity index (χ3v) is 5.05. The first-order valence-corrected chi connectivity index (χ1v) is 8.27. The van der Waals surface area contributed by atoms with E-state index in [4.69, 9.17) is 5.73 Å². The molecule has 2 N–H and O–H groups in total. The molecular weight excluding hydrogens is 335 g/mol. The number of nitrogens with two attached hydrogens (primary N) is 1. The van der Waals surface area contributed by atoms with Gasteiger partial charge in [-0.15, -0.1) is 0 Å². The van der Waals surface area contributed by atoms with Crippen molar-refractivity contribution in [2.24, 2.45) is 11.7 Å². The number of carbonyl (C=O) groups excluding carboxylic acids is 2. The van der Waals surface area contributed by atoms with Crippen LogP contribution >= 0.6 is 0 Å². The van der Waals surface area contributed by atoms with Gasteiger partial charge in [-0.1, -0.05) is 0 Å². The van der Waals surface area contributed by atoms with Crippen LogP contribution in [0.15, 0.2) is 12.1 Å². The van der Waals surface area contributed by atoms with Gasteiger partial charge in [0.05, 0.1) is 6.04 Å². The Hall–Kier alpha value is -2.09. The topological polar surface area (TPSA) is 66.6 Å². The minimum absolute atomic E-state index is 0.00454. The summed E-state index contributed by atoms with van der Waals surface area (Å²) in [6, 6.07) is 0.566. The Kier molecular flexibility index (Phi) is 4.99. The third-order valence-electron chi connectivity index (χ3n) is 5.05. The summed E-state index contributed by atoms with van der Waals surface area (Å²) in [5.74, 6) is -3.14. The standard InChI is InChI=1S/C17H20F3N3O2/c18-13-6-15(20)14(19)4-11(13)3-12(21)5-17(25)23-2-1-10-7-22(9-24)8-16(10)23/h4,6,9-10,12,16H,1-3,5,7-8,21H2/t10-,12?,16+/m0/s1. The van der Waals surface area contributed by atoms with Crippen molar-refractivity contribution in [2.75, 3.05) is 19.6 Å². The molecule has 0 radical (unpaired) electrons. The number of benzene rings is 1. The first kappa shape index (κ1) is 17.7. The second kappa shape index (κ2) is 7.03. The predicted molar refractivity (Wildman–Crippen MR) is 83.9 cm³/mol. The SMILES string of the molecule is NC(CC(=O)N1CC[C@H]2CN(C=O)C[C@H]21)Cc1cc(F)c(F)cc1F. The molecule has 2 aliphatic heterocycles. The summed E-state index contributed by atoms with van der Waals surface area (Å²) in [4.78, 5) is 26.8. The highest BCUT2D eigenvalue weighted by molar-refractivity contribution is 5.77. The highest BCUT2D eigenvalue weighted by atomic mass is 19.2. The van der Waals surface area contributed by atoms with E-state index in [1.807, 2.05) is 0 Å². The van der Waals surface area contributed by atoms with Crippen LogP contribution in [0.3, 0.4) is 0 Å². The number of likely N-dealkylation sites (tertiary alicyclic amines) is 2. The predicted octanol–water partition coefficient (Wildman–Crippen LogP) is 1.05. The molecule has 2 heterocycles. The van der Waals surface area contributed by atoms with Gasteiger partial charge in [0.25, 0.3) is 0 Å². The van der Waals surface area contributed by atoms with Crippen LogP contribution in [0.4, 0.5) is 13.2 Å². The number of nitrogens with zero attached hydrogens (tertiary/aromatic N) is 2. The zero-order valence-corrected chi connectivity index (χ0v) is 13.6. The fourth-order valence-electron chi connectivity index (χ4n) is 3.81. The Bertz CT molecular complexity index is 685. The summed E-state index contributed by atoms with van der Waals surface area (Å²) >= 11 is 0. The molecule has 136 valence electrons. The van der Waals surface area contributed by atoms with Crippen molar-refractivity contribution in [3.8, 4) is 0 Å². The molecule has 2 fully saturated rings. The van der Waals surface area contributed by atoms with Gasteiger partial charge in [-0.05, 0) is 24.5 Å². The van der Waals surface area contributed by atoms with E-state index < -0.39 is 23.5 Å². The Morgan fingerprint density at radius 1 is 1.24 bits per heavy atom. The molecule has 1 aromatic carbocycles. The van der Waals surface area contributed by atoms with E-state index in [-0.39, 0.29) is 36.3 Å². The van der Waals surface area contributed by atoms with Crippen LogP contribution in [0.2, 0.25) is 0 Å². The maximum Gasteiger partial charge on any atom is 0.224 e. The molecule has 3 atom stereocenters. The van der Waals surface area contributed by atoms with Crippen molar-refractivity contribution in [1.29, 1.82) is 0 Å². The summed E-state index contributed by atoms with van der Waals surface area (Å²) in [5, 5.41) is 0. The first-order chi connectivity index (χ1) is 11.9. The van der Waals surface area contributed by atoms with Gasteiger partial charge in [-0.3, -0.25) is 9.59 Å². The molecular formula is C17H20F3N3O2. The highest BCUT2D eigenvalue weighted by Gasteiger charge is 2.42. The zero-order chi connectivity index (χ0) is 18.1. The second-order valence-corrected chi connectivity index (χ2v) is 6.79. The normalized spacial score (nSPS) is 23.7. The lowest BCUT2D eigenvalue weighted by atomic mass is 10.0. The lowest BCUT2D eigenvalue weighted by Crippen LogP contribution is -2.42. The van der Waals surface area contributed by atoms with Crippen LogP contribution in [0, 0.1) is 23.4 Å². The molecule has 25 heavy (non-hydrogen) atoms. The van der Waals surface area contributed by atoms with Crippen LogP contribution in [-0.2, 0) is 16.0 Å². The summed E-state index contributed by atoms with van der Waals surface area (Å²) < 4.78 is 39.9. The average Bonchev–Trinajstić information content (AvgIpc) is 3.12. The van der Waals surface area contributed by atoms with E-state index in [9.17, 15) is 22.8 Å². The Morgan fingerprint density at radius 3 is 2.68 bits per heavy atom. The Morgan fingerprint density at radius 2 is 1.96 bits per heavy atom. The molecule has 0 aliphatic carbocycles. The summed E-state index contributed by atoms with van der Waals surface area (Å²) in [6.07, 6.45) is 1.56. The minimum atomic E-state index is -1.25. The van der Waals surface area contributed by atoms with Crippen LogP contribution < -0.4 is 5.73 Å². The molecule has 2 saturated heterocycles. The van der Waals surface area contributed by atoms with Crippen LogP contribution in [0.1, 0.15) is 18.4 Å².